The van der Waals surface area contributed by atoms with Gasteiger partial charge in [0.05, 0.1) is 9.39 Å². The highest BCUT2D eigenvalue weighted by Crippen LogP contribution is 2.28. The van der Waals surface area contributed by atoms with Crippen LogP contribution >= 0.6 is 27.3 Å². The Hall–Kier alpha value is 0.140. The number of rotatable bonds is 3. The standard InChI is InChI=1S/C10H15BrOS/c1-7(2)10(3,12)6-8-4-5-9(11)13-8/h4-5,7,12H,6H2,1-3H3. The van der Waals surface area contributed by atoms with Crippen molar-refractivity contribution in [3.63, 3.8) is 0 Å². The summed E-state index contributed by atoms with van der Waals surface area (Å²) >= 11 is 5.10. The topological polar surface area (TPSA) is 20.2 Å². The van der Waals surface area contributed by atoms with Crippen LogP contribution in [0.2, 0.25) is 0 Å². The fourth-order valence-corrected chi connectivity index (χ4v) is 2.65. The van der Waals surface area contributed by atoms with Crippen LogP contribution in [0, 0.1) is 5.92 Å². The Kier molecular flexibility index (Phi) is 3.55. The summed E-state index contributed by atoms with van der Waals surface area (Å²) in [5.41, 5.74) is -0.593. The van der Waals surface area contributed by atoms with E-state index in [0.717, 1.165) is 10.2 Å². The number of halogens is 1. The second-order valence-electron chi connectivity index (χ2n) is 3.89. The van der Waals surface area contributed by atoms with Crippen LogP contribution in [-0.4, -0.2) is 10.7 Å². The Balaban J connectivity index is 2.68. The number of aliphatic hydroxyl groups is 1. The van der Waals surface area contributed by atoms with Crippen molar-refractivity contribution < 1.29 is 5.11 Å². The summed E-state index contributed by atoms with van der Waals surface area (Å²) in [6.07, 6.45) is 0.737. The smallest absolute Gasteiger partial charge is 0.0701 e. The van der Waals surface area contributed by atoms with Crippen LogP contribution in [0.5, 0.6) is 0 Å². The molecule has 0 aliphatic heterocycles. The van der Waals surface area contributed by atoms with Crippen LogP contribution in [0.4, 0.5) is 0 Å². The van der Waals surface area contributed by atoms with E-state index in [1.165, 1.54) is 4.88 Å². The zero-order valence-electron chi connectivity index (χ0n) is 8.17. The first-order valence-corrected chi connectivity index (χ1v) is 5.99. The zero-order chi connectivity index (χ0) is 10.1. The molecule has 0 aliphatic rings. The number of hydrogen-bond acceptors (Lipinski definition) is 2. The molecule has 1 unspecified atom stereocenters. The van der Waals surface area contributed by atoms with Crippen molar-refractivity contribution in [2.75, 3.05) is 0 Å². The monoisotopic (exact) mass is 262 g/mol. The summed E-state index contributed by atoms with van der Waals surface area (Å²) in [7, 11) is 0. The van der Waals surface area contributed by atoms with E-state index in [-0.39, 0.29) is 5.92 Å². The molecule has 1 heterocycles. The van der Waals surface area contributed by atoms with Gasteiger partial charge in [0.25, 0.3) is 0 Å². The van der Waals surface area contributed by atoms with Gasteiger partial charge in [-0.2, -0.15) is 0 Å². The molecule has 0 aliphatic carbocycles. The Morgan fingerprint density at radius 3 is 2.54 bits per heavy atom. The van der Waals surface area contributed by atoms with Crippen molar-refractivity contribution in [2.45, 2.75) is 32.8 Å². The van der Waals surface area contributed by atoms with Crippen LogP contribution in [0.1, 0.15) is 25.6 Å². The van der Waals surface area contributed by atoms with E-state index in [0.29, 0.717) is 0 Å². The molecule has 0 radical (unpaired) electrons. The number of thiophene rings is 1. The van der Waals surface area contributed by atoms with Crippen LogP contribution in [0.25, 0.3) is 0 Å². The first-order chi connectivity index (χ1) is 5.92. The Bertz CT molecular complexity index is 278. The molecule has 0 spiro atoms. The SMILES string of the molecule is CC(C)C(C)(O)Cc1ccc(Br)s1. The van der Waals surface area contributed by atoms with Crippen molar-refractivity contribution in [2.24, 2.45) is 5.92 Å². The van der Waals surface area contributed by atoms with Crippen LogP contribution in [-0.2, 0) is 6.42 Å². The Labute approximate surface area is 91.9 Å². The van der Waals surface area contributed by atoms with Crippen molar-refractivity contribution in [3.05, 3.63) is 20.8 Å². The van der Waals surface area contributed by atoms with E-state index >= 15 is 0 Å². The summed E-state index contributed by atoms with van der Waals surface area (Å²) in [6.45, 7) is 5.98. The molecule has 74 valence electrons. The normalized spacial score (nSPS) is 16.2. The van der Waals surface area contributed by atoms with Gasteiger partial charge in [-0.25, -0.2) is 0 Å². The van der Waals surface area contributed by atoms with Gasteiger partial charge >= 0.3 is 0 Å². The summed E-state index contributed by atoms with van der Waals surface area (Å²) < 4.78 is 1.13. The molecule has 0 bridgehead atoms. The molecule has 0 fully saturated rings. The van der Waals surface area contributed by atoms with Gasteiger partial charge in [0.2, 0.25) is 0 Å². The minimum absolute atomic E-state index is 0.286. The third-order valence-electron chi connectivity index (χ3n) is 2.40. The third-order valence-corrected chi connectivity index (χ3v) is 4.03. The summed E-state index contributed by atoms with van der Waals surface area (Å²) in [6, 6.07) is 4.09. The largest absolute Gasteiger partial charge is 0.390 e. The molecule has 1 aromatic heterocycles. The van der Waals surface area contributed by atoms with Crippen molar-refractivity contribution in [1.29, 1.82) is 0 Å². The van der Waals surface area contributed by atoms with Gasteiger partial charge in [-0.1, -0.05) is 13.8 Å². The maximum atomic E-state index is 10.0. The maximum Gasteiger partial charge on any atom is 0.0701 e. The van der Waals surface area contributed by atoms with E-state index in [9.17, 15) is 5.11 Å². The maximum absolute atomic E-state index is 10.0. The summed E-state index contributed by atoms with van der Waals surface area (Å²) in [5.74, 6) is 0.286. The molecule has 1 nitrogen and oxygen atoms in total. The second kappa shape index (κ2) is 4.11. The van der Waals surface area contributed by atoms with E-state index in [1.807, 2.05) is 26.8 Å². The molecule has 0 saturated heterocycles. The molecular weight excluding hydrogens is 248 g/mol. The van der Waals surface area contributed by atoms with E-state index in [1.54, 1.807) is 11.3 Å². The third kappa shape index (κ3) is 3.08. The van der Waals surface area contributed by atoms with Gasteiger partial charge in [-0.15, -0.1) is 11.3 Å². The number of hydrogen-bond donors (Lipinski definition) is 1. The molecule has 13 heavy (non-hydrogen) atoms. The van der Waals surface area contributed by atoms with Gasteiger partial charge in [-0.3, -0.25) is 0 Å². The molecule has 1 atom stereocenters. The predicted octanol–water partition coefficient (Wildman–Crippen LogP) is 3.46. The van der Waals surface area contributed by atoms with Crippen LogP contribution in [0.15, 0.2) is 15.9 Å². The molecule has 0 amide bonds. The van der Waals surface area contributed by atoms with Crippen molar-refractivity contribution >= 4 is 27.3 Å². The molecule has 1 aromatic rings. The molecule has 1 N–H and O–H groups in total. The predicted molar refractivity (Wildman–Crippen MR) is 61.2 cm³/mol. The fraction of sp³-hybridized carbons (Fsp3) is 0.600. The lowest BCUT2D eigenvalue weighted by molar-refractivity contribution is 0.0147. The first-order valence-electron chi connectivity index (χ1n) is 4.38. The van der Waals surface area contributed by atoms with Gasteiger partial charge in [0.15, 0.2) is 0 Å². The zero-order valence-corrected chi connectivity index (χ0v) is 10.6. The molecule has 3 heteroatoms. The highest BCUT2D eigenvalue weighted by atomic mass is 79.9. The van der Waals surface area contributed by atoms with Crippen LogP contribution < -0.4 is 0 Å². The van der Waals surface area contributed by atoms with Crippen molar-refractivity contribution in [1.82, 2.24) is 0 Å². The van der Waals surface area contributed by atoms with Crippen molar-refractivity contribution in [3.8, 4) is 0 Å². The first kappa shape index (κ1) is 11.2. The molecule has 0 aromatic carbocycles. The molecule has 0 saturated carbocycles. The van der Waals surface area contributed by atoms with Gasteiger partial charge < -0.3 is 5.11 Å². The van der Waals surface area contributed by atoms with Gasteiger partial charge in [0, 0.05) is 11.3 Å². The van der Waals surface area contributed by atoms with E-state index in [4.69, 9.17) is 0 Å². The van der Waals surface area contributed by atoms with E-state index < -0.39 is 5.60 Å². The van der Waals surface area contributed by atoms with Gasteiger partial charge in [-0.05, 0) is 40.9 Å². The van der Waals surface area contributed by atoms with E-state index in [2.05, 4.69) is 22.0 Å². The van der Waals surface area contributed by atoms with Gasteiger partial charge in [0.1, 0.15) is 0 Å². The minimum Gasteiger partial charge on any atom is -0.390 e. The summed E-state index contributed by atoms with van der Waals surface area (Å²) in [4.78, 5) is 1.23. The lowest BCUT2D eigenvalue weighted by Crippen LogP contribution is -2.33. The highest BCUT2D eigenvalue weighted by molar-refractivity contribution is 9.11. The fourth-order valence-electron chi connectivity index (χ4n) is 1.00. The average Bonchev–Trinajstić information content (AvgIpc) is 2.34. The van der Waals surface area contributed by atoms with Crippen LogP contribution in [0.3, 0.4) is 0 Å². The lowest BCUT2D eigenvalue weighted by atomic mass is 9.89. The molecule has 1 rings (SSSR count). The second-order valence-corrected chi connectivity index (χ2v) is 6.44. The molecular formula is C10H15BrOS. The Morgan fingerprint density at radius 1 is 1.54 bits per heavy atom. The summed E-state index contributed by atoms with van der Waals surface area (Å²) in [5, 5.41) is 10.0. The average molecular weight is 263 g/mol. The highest BCUT2D eigenvalue weighted by Gasteiger charge is 2.25. The lowest BCUT2D eigenvalue weighted by Gasteiger charge is -2.26. The Morgan fingerprint density at radius 2 is 2.15 bits per heavy atom. The quantitative estimate of drug-likeness (QED) is 0.885. The minimum atomic E-state index is -0.593.